The van der Waals surface area contributed by atoms with Crippen LogP contribution >= 0.6 is 15.9 Å². The van der Waals surface area contributed by atoms with Crippen LogP contribution < -0.4 is 14.8 Å². The van der Waals surface area contributed by atoms with Crippen molar-refractivity contribution >= 4 is 21.9 Å². The molecule has 2 N–H and O–H groups in total. The summed E-state index contributed by atoms with van der Waals surface area (Å²) in [5.74, 6) is 1.93. The van der Waals surface area contributed by atoms with Crippen molar-refractivity contribution in [2.24, 2.45) is 0 Å². The van der Waals surface area contributed by atoms with Crippen LogP contribution in [0, 0.1) is 0 Å². The molecule has 0 saturated heterocycles. The van der Waals surface area contributed by atoms with Crippen LogP contribution in [0.15, 0.2) is 16.6 Å². The molecule has 0 spiro atoms. The SMILES string of the molecule is CCCOc1cc(Br)c(CNc2nn[nH]n2)cc1OCC. The number of halogens is 1. The van der Waals surface area contributed by atoms with Crippen molar-refractivity contribution in [2.75, 3.05) is 18.5 Å². The number of rotatable bonds is 8. The molecule has 0 aliphatic heterocycles. The summed E-state index contributed by atoms with van der Waals surface area (Å²) in [4.78, 5) is 0. The van der Waals surface area contributed by atoms with Crippen molar-refractivity contribution in [3.63, 3.8) is 0 Å². The molecular formula is C13H18BrN5O2. The number of hydrogen-bond acceptors (Lipinski definition) is 6. The molecule has 114 valence electrons. The number of nitrogens with zero attached hydrogens (tertiary/aromatic N) is 3. The van der Waals surface area contributed by atoms with Crippen molar-refractivity contribution in [1.29, 1.82) is 0 Å². The van der Waals surface area contributed by atoms with Crippen LogP contribution in [0.2, 0.25) is 0 Å². The Balaban J connectivity index is 2.14. The lowest BCUT2D eigenvalue weighted by molar-refractivity contribution is 0.276. The van der Waals surface area contributed by atoms with Gasteiger partial charge in [-0.3, -0.25) is 0 Å². The summed E-state index contributed by atoms with van der Waals surface area (Å²) in [6.45, 7) is 5.81. The first-order valence-corrected chi connectivity index (χ1v) is 7.59. The Bertz CT molecular complexity index is 562. The summed E-state index contributed by atoms with van der Waals surface area (Å²) >= 11 is 3.55. The maximum atomic E-state index is 5.71. The van der Waals surface area contributed by atoms with Gasteiger partial charge in [0.15, 0.2) is 11.5 Å². The molecule has 0 unspecified atom stereocenters. The van der Waals surface area contributed by atoms with Gasteiger partial charge in [-0.25, -0.2) is 0 Å². The first kappa shape index (κ1) is 15.6. The lowest BCUT2D eigenvalue weighted by atomic mass is 10.2. The first-order valence-electron chi connectivity index (χ1n) is 6.80. The fourth-order valence-electron chi connectivity index (χ4n) is 1.72. The molecule has 7 nitrogen and oxygen atoms in total. The fourth-order valence-corrected chi connectivity index (χ4v) is 2.18. The third-order valence-corrected chi connectivity index (χ3v) is 3.39. The van der Waals surface area contributed by atoms with Gasteiger partial charge in [-0.15, -0.1) is 5.10 Å². The number of ether oxygens (including phenoxy) is 2. The van der Waals surface area contributed by atoms with Gasteiger partial charge in [0.05, 0.1) is 13.2 Å². The van der Waals surface area contributed by atoms with Crippen molar-refractivity contribution in [2.45, 2.75) is 26.8 Å². The average Bonchev–Trinajstić information content (AvgIpc) is 2.99. The Morgan fingerprint density at radius 2 is 2.05 bits per heavy atom. The molecule has 2 rings (SSSR count). The van der Waals surface area contributed by atoms with Gasteiger partial charge in [0, 0.05) is 11.0 Å². The normalized spacial score (nSPS) is 10.4. The van der Waals surface area contributed by atoms with Crippen molar-refractivity contribution in [3.05, 3.63) is 22.2 Å². The monoisotopic (exact) mass is 355 g/mol. The quantitative estimate of drug-likeness (QED) is 0.757. The van der Waals surface area contributed by atoms with Gasteiger partial charge in [-0.2, -0.15) is 5.21 Å². The van der Waals surface area contributed by atoms with E-state index < -0.39 is 0 Å². The molecule has 0 fully saturated rings. The molecule has 0 amide bonds. The molecule has 0 bridgehead atoms. The second-order valence-electron chi connectivity index (χ2n) is 4.26. The number of hydrogen-bond donors (Lipinski definition) is 2. The van der Waals surface area contributed by atoms with E-state index in [9.17, 15) is 0 Å². The predicted molar refractivity (Wildman–Crippen MR) is 82.6 cm³/mol. The van der Waals surface area contributed by atoms with Crippen LogP contribution in [0.5, 0.6) is 11.5 Å². The zero-order chi connectivity index (χ0) is 15.1. The van der Waals surface area contributed by atoms with E-state index in [1.54, 1.807) is 0 Å². The van der Waals surface area contributed by atoms with E-state index in [1.807, 2.05) is 19.1 Å². The Hall–Kier alpha value is -1.83. The maximum Gasteiger partial charge on any atom is 0.263 e. The maximum absolute atomic E-state index is 5.71. The molecule has 1 heterocycles. The lowest BCUT2D eigenvalue weighted by Crippen LogP contribution is -2.05. The molecule has 0 aliphatic carbocycles. The number of benzene rings is 1. The number of H-pyrrole nitrogens is 1. The van der Waals surface area contributed by atoms with Crippen LogP contribution in [0.3, 0.4) is 0 Å². The van der Waals surface area contributed by atoms with Crippen LogP contribution in [0.1, 0.15) is 25.8 Å². The number of tetrazole rings is 1. The topological polar surface area (TPSA) is 85.0 Å². The Morgan fingerprint density at radius 3 is 2.71 bits per heavy atom. The Kier molecular flexibility index (Phi) is 5.79. The molecule has 21 heavy (non-hydrogen) atoms. The van der Waals surface area contributed by atoms with E-state index in [2.05, 4.69) is 48.8 Å². The second-order valence-corrected chi connectivity index (χ2v) is 5.12. The largest absolute Gasteiger partial charge is 0.490 e. The molecule has 2 aromatic rings. The molecular weight excluding hydrogens is 338 g/mol. The van der Waals surface area contributed by atoms with Crippen LogP contribution in [0.4, 0.5) is 5.95 Å². The lowest BCUT2D eigenvalue weighted by Gasteiger charge is -2.14. The Morgan fingerprint density at radius 1 is 1.24 bits per heavy atom. The summed E-state index contributed by atoms with van der Waals surface area (Å²) in [6, 6.07) is 3.87. The third-order valence-electron chi connectivity index (χ3n) is 2.66. The minimum Gasteiger partial charge on any atom is -0.490 e. The number of aromatic amines is 1. The number of anilines is 1. The zero-order valence-corrected chi connectivity index (χ0v) is 13.6. The summed E-state index contributed by atoms with van der Waals surface area (Å²) in [7, 11) is 0. The highest BCUT2D eigenvalue weighted by Crippen LogP contribution is 2.34. The highest BCUT2D eigenvalue weighted by atomic mass is 79.9. The van der Waals surface area contributed by atoms with E-state index in [0.29, 0.717) is 25.7 Å². The highest BCUT2D eigenvalue weighted by Gasteiger charge is 2.11. The zero-order valence-electron chi connectivity index (χ0n) is 12.0. The second kappa shape index (κ2) is 7.82. The van der Waals surface area contributed by atoms with E-state index in [4.69, 9.17) is 9.47 Å². The minimum atomic E-state index is 0.450. The third kappa shape index (κ3) is 4.32. The molecule has 1 aromatic heterocycles. The standard InChI is InChI=1S/C13H18BrN5O2/c1-3-5-21-12-7-10(14)9(6-11(12)20-4-2)8-15-13-16-18-19-17-13/h6-7H,3-5,8H2,1-2H3,(H2,15,16,17,18,19). The van der Waals surface area contributed by atoms with Crippen molar-refractivity contribution in [3.8, 4) is 11.5 Å². The van der Waals surface area contributed by atoms with Crippen molar-refractivity contribution in [1.82, 2.24) is 20.6 Å². The van der Waals surface area contributed by atoms with Gasteiger partial charge in [0.25, 0.3) is 5.95 Å². The first-order chi connectivity index (χ1) is 10.2. The van der Waals surface area contributed by atoms with E-state index in [1.165, 1.54) is 0 Å². The van der Waals surface area contributed by atoms with E-state index in [0.717, 1.165) is 28.0 Å². The van der Waals surface area contributed by atoms with Gasteiger partial charge in [-0.1, -0.05) is 28.0 Å². The summed E-state index contributed by atoms with van der Waals surface area (Å²) in [6.07, 6.45) is 0.949. The molecule has 0 aliphatic rings. The van der Waals surface area contributed by atoms with Gasteiger partial charge < -0.3 is 14.8 Å². The van der Waals surface area contributed by atoms with Crippen LogP contribution in [0.25, 0.3) is 0 Å². The molecule has 8 heteroatoms. The van der Waals surface area contributed by atoms with Gasteiger partial charge >= 0.3 is 0 Å². The Labute approximate surface area is 131 Å². The molecule has 1 aromatic carbocycles. The molecule has 0 atom stereocenters. The van der Waals surface area contributed by atoms with E-state index in [-0.39, 0.29) is 0 Å². The number of aromatic nitrogens is 4. The molecule has 0 saturated carbocycles. The molecule has 0 radical (unpaired) electrons. The average molecular weight is 356 g/mol. The minimum absolute atomic E-state index is 0.450. The van der Waals surface area contributed by atoms with Crippen LogP contribution in [-0.2, 0) is 6.54 Å². The van der Waals surface area contributed by atoms with Crippen LogP contribution in [-0.4, -0.2) is 33.8 Å². The summed E-state index contributed by atoms with van der Waals surface area (Å²) in [5.41, 5.74) is 1.02. The van der Waals surface area contributed by atoms with Gasteiger partial charge in [0.2, 0.25) is 0 Å². The highest BCUT2D eigenvalue weighted by molar-refractivity contribution is 9.10. The summed E-state index contributed by atoms with van der Waals surface area (Å²) in [5, 5.41) is 16.7. The van der Waals surface area contributed by atoms with Gasteiger partial charge in [0.1, 0.15) is 0 Å². The van der Waals surface area contributed by atoms with Gasteiger partial charge in [-0.05, 0) is 36.3 Å². The van der Waals surface area contributed by atoms with E-state index >= 15 is 0 Å². The fraction of sp³-hybridized carbons (Fsp3) is 0.462. The predicted octanol–water partition coefficient (Wildman–Crippen LogP) is 2.76. The smallest absolute Gasteiger partial charge is 0.263 e. The van der Waals surface area contributed by atoms with Crippen molar-refractivity contribution < 1.29 is 9.47 Å². The summed E-state index contributed by atoms with van der Waals surface area (Å²) < 4.78 is 12.3. The number of nitrogens with one attached hydrogen (secondary N) is 2.